The van der Waals surface area contributed by atoms with Crippen LogP contribution in [-0.2, 0) is 0 Å². The fourth-order valence-electron chi connectivity index (χ4n) is 2.35. The molecule has 0 bridgehead atoms. The van der Waals surface area contributed by atoms with Gasteiger partial charge in [0.2, 0.25) is 0 Å². The van der Waals surface area contributed by atoms with Crippen molar-refractivity contribution in [2.24, 2.45) is 11.0 Å². The van der Waals surface area contributed by atoms with Gasteiger partial charge in [-0.15, -0.1) is 0 Å². The Morgan fingerprint density at radius 3 is 3.05 bits per heavy atom. The van der Waals surface area contributed by atoms with Crippen molar-refractivity contribution in [1.29, 1.82) is 0 Å². The number of hydrazone groups is 1. The van der Waals surface area contributed by atoms with Gasteiger partial charge in [-0.1, -0.05) is 25.8 Å². The first-order valence-electron chi connectivity index (χ1n) is 6.75. The molecule has 0 radical (unpaired) electrons. The molecule has 1 aliphatic rings. The van der Waals surface area contributed by atoms with E-state index in [1.807, 2.05) is 12.1 Å². The fourth-order valence-corrected chi connectivity index (χ4v) is 2.55. The van der Waals surface area contributed by atoms with Crippen LogP contribution in [0, 0.1) is 5.92 Å². The van der Waals surface area contributed by atoms with E-state index in [2.05, 4.69) is 27.8 Å². The van der Waals surface area contributed by atoms with Crippen LogP contribution < -0.4 is 10.7 Å². The molecular weight excluding hydrogens is 256 g/mol. The van der Waals surface area contributed by atoms with E-state index in [4.69, 9.17) is 12.2 Å². The predicted molar refractivity (Wildman–Crippen MR) is 82.1 cm³/mol. The molecule has 4 nitrogen and oxygen atoms in total. The summed E-state index contributed by atoms with van der Waals surface area (Å²) in [5.41, 5.74) is 3.81. The van der Waals surface area contributed by atoms with Gasteiger partial charge in [0.05, 0.1) is 6.21 Å². The second kappa shape index (κ2) is 7.19. The number of pyridine rings is 1. The topological polar surface area (TPSA) is 49.3 Å². The fraction of sp³-hybridized carbons (Fsp3) is 0.500. The quantitative estimate of drug-likeness (QED) is 0.506. The van der Waals surface area contributed by atoms with Crippen molar-refractivity contribution in [2.75, 3.05) is 0 Å². The molecule has 0 aromatic carbocycles. The highest BCUT2D eigenvalue weighted by atomic mass is 32.1. The molecule has 2 atom stereocenters. The van der Waals surface area contributed by atoms with E-state index in [9.17, 15) is 0 Å². The Hall–Kier alpha value is -1.49. The van der Waals surface area contributed by atoms with E-state index in [1.165, 1.54) is 25.7 Å². The molecule has 1 heterocycles. The zero-order valence-corrected chi connectivity index (χ0v) is 12.0. The predicted octanol–water partition coefficient (Wildman–Crippen LogP) is 2.46. The van der Waals surface area contributed by atoms with Crippen LogP contribution in [0.3, 0.4) is 0 Å². The average molecular weight is 276 g/mol. The van der Waals surface area contributed by atoms with Crippen LogP contribution >= 0.6 is 12.2 Å². The van der Waals surface area contributed by atoms with Gasteiger partial charge >= 0.3 is 0 Å². The third kappa shape index (κ3) is 4.59. The third-order valence-electron chi connectivity index (χ3n) is 3.49. The number of aromatic nitrogens is 1. The van der Waals surface area contributed by atoms with E-state index < -0.39 is 0 Å². The molecule has 0 spiro atoms. The molecule has 102 valence electrons. The van der Waals surface area contributed by atoms with Crippen molar-refractivity contribution < 1.29 is 0 Å². The van der Waals surface area contributed by atoms with Gasteiger partial charge in [0.1, 0.15) is 0 Å². The summed E-state index contributed by atoms with van der Waals surface area (Å²) in [6, 6.07) is 4.29. The molecule has 0 unspecified atom stereocenters. The third-order valence-corrected chi connectivity index (χ3v) is 3.70. The maximum absolute atomic E-state index is 5.25. The smallest absolute Gasteiger partial charge is 0.187 e. The number of rotatable bonds is 3. The van der Waals surface area contributed by atoms with Gasteiger partial charge < -0.3 is 5.32 Å². The molecule has 1 aromatic heterocycles. The van der Waals surface area contributed by atoms with E-state index in [-0.39, 0.29) is 0 Å². The summed E-state index contributed by atoms with van der Waals surface area (Å²) in [5, 5.41) is 8.06. The standard InChI is InChI=1S/C14H20N4S/c1-11-5-2-3-7-13(11)17-14(19)18-16-10-12-6-4-8-15-9-12/h4,6,8-11,13H,2-3,5,7H2,1H3,(H2,17,18,19)/b16-10-/t11-,13+/m0/s1. The van der Waals surface area contributed by atoms with Gasteiger partial charge in [-0.2, -0.15) is 5.10 Å². The lowest BCUT2D eigenvalue weighted by molar-refractivity contribution is 0.308. The maximum atomic E-state index is 5.25. The van der Waals surface area contributed by atoms with Crippen LogP contribution in [0.5, 0.6) is 0 Å². The maximum Gasteiger partial charge on any atom is 0.187 e. The molecule has 1 fully saturated rings. The van der Waals surface area contributed by atoms with Gasteiger partial charge in [-0.25, -0.2) is 0 Å². The van der Waals surface area contributed by atoms with Gasteiger partial charge in [0.15, 0.2) is 5.11 Å². The molecule has 2 N–H and O–H groups in total. The lowest BCUT2D eigenvalue weighted by atomic mass is 9.86. The second-order valence-corrected chi connectivity index (χ2v) is 5.41. The Balaban J connectivity index is 1.77. The molecule has 19 heavy (non-hydrogen) atoms. The van der Waals surface area contributed by atoms with Crippen molar-refractivity contribution in [2.45, 2.75) is 38.6 Å². The van der Waals surface area contributed by atoms with Crippen molar-refractivity contribution in [3.63, 3.8) is 0 Å². The summed E-state index contributed by atoms with van der Waals surface area (Å²) in [7, 11) is 0. The number of nitrogens with one attached hydrogen (secondary N) is 2. The van der Waals surface area contributed by atoms with Crippen molar-refractivity contribution in [1.82, 2.24) is 15.7 Å². The molecule has 0 saturated heterocycles. The zero-order valence-electron chi connectivity index (χ0n) is 11.2. The first-order valence-corrected chi connectivity index (χ1v) is 7.16. The molecule has 0 amide bonds. The Kier molecular flexibility index (Phi) is 5.27. The van der Waals surface area contributed by atoms with E-state index in [0.717, 1.165) is 5.56 Å². The van der Waals surface area contributed by atoms with Gasteiger partial charge in [0.25, 0.3) is 0 Å². The highest BCUT2D eigenvalue weighted by Gasteiger charge is 2.21. The lowest BCUT2D eigenvalue weighted by Gasteiger charge is -2.30. The zero-order chi connectivity index (χ0) is 13.5. The minimum Gasteiger partial charge on any atom is -0.358 e. The molecule has 1 aromatic rings. The van der Waals surface area contributed by atoms with Crippen molar-refractivity contribution in [3.8, 4) is 0 Å². The molecule has 1 aliphatic carbocycles. The van der Waals surface area contributed by atoms with Crippen LogP contribution in [0.4, 0.5) is 0 Å². The summed E-state index contributed by atoms with van der Waals surface area (Å²) in [5.74, 6) is 0.677. The minimum absolute atomic E-state index is 0.474. The first kappa shape index (κ1) is 13.9. The number of thiocarbonyl (C=S) groups is 1. The summed E-state index contributed by atoms with van der Waals surface area (Å²) < 4.78 is 0. The van der Waals surface area contributed by atoms with Crippen LogP contribution in [-0.4, -0.2) is 22.4 Å². The normalized spacial score (nSPS) is 23.2. The summed E-state index contributed by atoms with van der Waals surface area (Å²) in [6.07, 6.45) is 10.3. The van der Waals surface area contributed by atoms with Crippen LogP contribution in [0.1, 0.15) is 38.2 Å². The highest BCUT2D eigenvalue weighted by Crippen LogP contribution is 2.23. The highest BCUT2D eigenvalue weighted by molar-refractivity contribution is 7.80. The minimum atomic E-state index is 0.474. The van der Waals surface area contributed by atoms with Crippen molar-refractivity contribution in [3.05, 3.63) is 30.1 Å². The molecule has 1 saturated carbocycles. The van der Waals surface area contributed by atoms with Gasteiger partial charge in [0, 0.05) is 24.0 Å². The largest absolute Gasteiger partial charge is 0.358 e. The molecule has 0 aliphatic heterocycles. The summed E-state index contributed by atoms with van der Waals surface area (Å²) in [4.78, 5) is 4.02. The van der Waals surface area contributed by atoms with E-state index in [1.54, 1.807) is 18.6 Å². The lowest BCUT2D eigenvalue weighted by Crippen LogP contribution is -2.44. The van der Waals surface area contributed by atoms with E-state index in [0.29, 0.717) is 17.1 Å². The van der Waals surface area contributed by atoms with Crippen LogP contribution in [0.15, 0.2) is 29.6 Å². The van der Waals surface area contributed by atoms with Crippen molar-refractivity contribution >= 4 is 23.5 Å². The van der Waals surface area contributed by atoms with Gasteiger partial charge in [-0.3, -0.25) is 10.4 Å². The monoisotopic (exact) mass is 276 g/mol. The molecule has 2 rings (SSSR count). The number of hydrogen-bond donors (Lipinski definition) is 2. The van der Waals surface area contributed by atoms with E-state index >= 15 is 0 Å². The Labute approximate surface area is 119 Å². The Bertz CT molecular complexity index is 432. The molecular formula is C14H20N4S. The molecule has 5 heteroatoms. The summed E-state index contributed by atoms with van der Waals surface area (Å²) >= 11 is 5.25. The second-order valence-electron chi connectivity index (χ2n) is 5.00. The average Bonchev–Trinajstić information content (AvgIpc) is 2.43. The Morgan fingerprint density at radius 1 is 1.47 bits per heavy atom. The first-order chi connectivity index (χ1) is 9.25. The summed E-state index contributed by atoms with van der Waals surface area (Å²) in [6.45, 7) is 2.28. The Morgan fingerprint density at radius 2 is 2.32 bits per heavy atom. The number of nitrogens with zero attached hydrogens (tertiary/aromatic N) is 2. The van der Waals surface area contributed by atoms with Gasteiger partial charge in [-0.05, 0) is 37.0 Å². The van der Waals surface area contributed by atoms with Crippen LogP contribution in [0.2, 0.25) is 0 Å². The number of hydrogen-bond acceptors (Lipinski definition) is 3. The van der Waals surface area contributed by atoms with Crippen LogP contribution in [0.25, 0.3) is 0 Å². The SMILES string of the molecule is C[C@H]1CCCC[C@H]1NC(=S)N/N=C\c1cccnc1.